The Kier molecular flexibility index (Phi) is 8.56. The predicted molar refractivity (Wildman–Crippen MR) is 170 cm³/mol. The number of fused-ring (bicyclic) bond motifs is 3. The first-order valence-corrected chi connectivity index (χ1v) is 14.4. The Morgan fingerprint density at radius 1 is 0.800 bits per heavy atom. The molecular formula is C33H35N3O9. The molecule has 0 fully saturated rings. The fraction of sp³-hybridized carbons (Fsp3) is 0.364. The van der Waals surface area contributed by atoms with E-state index in [1.54, 1.807) is 18.2 Å². The van der Waals surface area contributed by atoms with Crippen molar-refractivity contribution in [2.45, 2.75) is 72.1 Å². The summed E-state index contributed by atoms with van der Waals surface area (Å²) in [5, 5.41) is 47.5. The third kappa shape index (κ3) is 6.26. The van der Waals surface area contributed by atoms with Gasteiger partial charge in [0.1, 0.15) is 5.75 Å². The predicted octanol–water partition coefficient (Wildman–Crippen LogP) is 8.24. The maximum Gasteiger partial charge on any atom is 0.339 e. The molecule has 0 unspecified atom stereocenters. The standard InChI is InChI=1S/C33H35N3O9/c1-8-9-10-45-31(38)24-16-19(34(39)40)14-22-21(23-15-20(35(41)42)17-27(36(43)44)29(23)28(22)24)11-18-12-25(32(2,3)4)30(37)26(13-18)33(5,6)7/h11-17,37H,8-10H2,1-7H3/b21-11+. The lowest BCUT2D eigenvalue weighted by atomic mass is 9.78. The number of ether oxygens (including phenoxy) is 1. The first-order valence-electron chi connectivity index (χ1n) is 14.4. The number of benzene rings is 3. The average Bonchev–Trinajstić information content (AvgIpc) is 3.24. The van der Waals surface area contributed by atoms with Crippen LogP contribution in [0.2, 0.25) is 0 Å². The quantitative estimate of drug-likeness (QED) is 0.0882. The molecule has 45 heavy (non-hydrogen) atoms. The van der Waals surface area contributed by atoms with E-state index < -0.39 is 48.6 Å². The maximum atomic E-state index is 13.4. The summed E-state index contributed by atoms with van der Waals surface area (Å²) in [5.74, 6) is -0.790. The van der Waals surface area contributed by atoms with Crippen LogP contribution in [0.15, 0.2) is 36.4 Å². The summed E-state index contributed by atoms with van der Waals surface area (Å²) in [7, 11) is 0. The molecule has 3 aromatic rings. The van der Waals surface area contributed by atoms with E-state index in [4.69, 9.17) is 4.74 Å². The summed E-state index contributed by atoms with van der Waals surface area (Å²) in [5.41, 5.74) is -0.783. The Morgan fingerprint density at radius 3 is 1.78 bits per heavy atom. The molecule has 0 aromatic heterocycles. The van der Waals surface area contributed by atoms with Gasteiger partial charge in [-0.2, -0.15) is 0 Å². The molecule has 3 aromatic carbocycles. The highest BCUT2D eigenvalue weighted by molar-refractivity contribution is 6.15. The van der Waals surface area contributed by atoms with E-state index in [9.17, 15) is 40.2 Å². The molecule has 12 nitrogen and oxygen atoms in total. The van der Waals surface area contributed by atoms with E-state index in [1.165, 1.54) is 12.1 Å². The van der Waals surface area contributed by atoms with Gasteiger partial charge in [0.2, 0.25) is 0 Å². The minimum absolute atomic E-state index is 0.0239. The van der Waals surface area contributed by atoms with Crippen molar-refractivity contribution < 1.29 is 29.4 Å². The summed E-state index contributed by atoms with van der Waals surface area (Å²) >= 11 is 0. The highest BCUT2D eigenvalue weighted by atomic mass is 16.6. The number of carbonyl (C=O) groups excluding carboxylic acids is 1. The molecule has 0 bridgehead atoms. The molecular weight excluding hydrogens is 582 g/mol. The van der Waals surface area contributed by atoms with E-state index >= 15 is 0 Å². The third-order valence-electron chi connectivity index (χ3n) is 7.68. The van der Waals surface area contributed by atoms with Gasteiger partial charge in [0.25, 0.3) is 17.1 Å². The summed E-state index contributed by atoms with van der Waals surface area (Å²) in [6, 6.07) is 7.70. The Hall–Kier alpha value is -5.13. The lowest BCUT2D eigenvalue weighted by molar-refractivity contribution is -0.393. The molecule has 4 rings (SSSR count). The number of rotatable bonds is 8. The molecule has 0 saturated heterocycles. The van der Waals surface area contributed by atoms with Gasteiger partial charge in [-0.25, -0.2) is 4.79 Å². The lowest BCUT2D eigenvalue weighted by Gasteiger charge is -2.28. The fourth-order valence-electron chi connectivity index (χ4n) is 5.45. The molecule has 1 aliphatic carbocycles. The molecule has 0 aliphatic heterocycles. The van der Waals surface area contributed by atoms with Gasteiger partial charge in [-0.3, -0.25) is 30.3 Å². The van der Waals surface area contributed by atoms with Crippen molar-refractivity contribution in [1.82, 2.24) is 0 Å². The molecule has 0 saturated carbocycles. The molecule has 0 amide bonds. The van der Waals surface area contributed by atoms with Crippen LogP contribution in [0.25, 0.3) is 22.8 Å². The normalized spacial score (nSPS) is 13.4. The van der Waals surface area contributed by atoms with Gasteiger partial charge in [0.15, 0.2) is 0 Å². The van der Waals surface area contributed by atoms with Crippen LogP contribution in [0, 0.1) is 30.3 Å². The highest BCUT2D eigenvalue weighted by Crippen LogP contribution is 2.53. The van der Waals surface area contributed by atoms with Crippen LogP contribution in [0.5, 0.6) is 5.75 Å². The first-order chi connectivity index (χ1) is 20.9. The number of hydrogen-bond acceptors (Lipinski definition) is 9. The number of nitro benzene ring substituents is 3. The van der Waals surface area contributed by atoms with Gasteiger partial charge in [-0.05, 0) is 52.2 Å². The van der Waals surface area contributed by atoms with Gasteiger partial charge in [-0.15, -0.1) is 0 Å². The third-order valence-corrected chi connectivity index (χ3v) is 7.68. The van der Waals surface area contributed by atoms with Crippen LogP contribution in [0.3, 0.4) is 0 Å². The van der Waals surface area contributed by atoms with Crippen molar-refractivity contribution in [3.63, 3.8) is 0 Å². The fourth-order valence-corrected chi connectivity index (χ4v) is 5.45. The minimum Gasteiger partial charge on any atom is -0.507 e. The van der Waals surface area contributed by atoms with E-state index in [2.05, 4.69) is 0 Å². The number of non-ortho nitro benzene ring substituents is 2. The van der Waals surface area contributed by atoms with Crippen molar-refractivity contribution in [3.05, 3.63) is 100 Å². The van der Waals surface area contributed by atoms with E-state index in [-0.39, 0.29) is 45.7 Å². The molecule has 0 radical (unpaired) electrons. The van der Waals surface area contributed by atoms with Gasteiger partial charge >= 0.3 is 5.97 Å². The average molecular weight is 618 g/mol. The van der Waals surface area contributed by atoms with Crippen molar-refractivity contribution in [3.8, 4) is 16.9 Å². The van der Waals surface area contributed by atoms with Crippen LogP contribution in [0.1, 0.15) is 99.5 Å². The Balaban J connectivity index is 2.18. The summed E-state index contributed by atoms with van der Waals surface area (Å²) in [6.45, 7) is 13.5. The maximum absolute atomic E-state index is 13.4. The Labute approximate surface area is 259 Å². The number of carbonyl (C=O) groups is 1. The number of phenolic OH excluding ortho intramolecular Hbond substituents is 1. The number of hydrogen-bond donors (Lipinski definition) is 1. The number of aromatic hydroxyl groups is 1. The van der Waals surface area contributed by atoms with Crippen LogP contribution >= 0.6 is 0 Å². The van der Waals surface area contributed by atoms with Gasteiger partial charge in [0.05, 0.1) is 38.6 Å². The van der Waals surface area contributed by atoms with E-state index in [1.807, 2.05) is 48.5 Å². The summed E-state index contributed by atoms with van der Waals surface area (Å²) in [6.07, 6.45) is 2.87. The van der Waals surface area contributed by atoms with Crippen LogP contribution < -0.4 is 0 Å². The second-order valence-electron chi connectivity index (χ2n) is 13.1. The molecule has 12 heteroatoms. The SMILES string of the molecule is CCCCOC(=O)c1cc([N+](=O)[O-])cc2c1-c1c(cc([N+](=O)[O-])cc1[N+](=O)[O-])/C2=C/c1cc(C(C)(C)C)c(O)c(C(C)(C)C)c1. The van der Waals surface area contributed by atoms with E-state index in [0.29, 0.717) is 29.5 Å². The summed E-state index contributed by atoms with van der Waals surface area (Å²) in [4.78, 5) is 47.4. The zero-order valence-corrected chi connectivity index (χ0v) is 26.2. The zero-order valence-electron chi connectivity index (χ0n) is 26.2. The number of nitro groups is 3. The monoisotopic (exact) mass is 617 g/mol. The van der Waals surface area contributed by atoms with Crippen molar-refractivity contribution >= 4 is 34.7 Å². The number of phenols is 1. The number of unbranched alkanes of at least 4 members (excludes halogenated alkanes) is 1. The zero-order chi connectivity index (χ0) is 33.6. The van der Waals surface area contributed by atoms with Crippen LogP contribution in [-0.2, 0) is 15.6 Å². The van der Waals surface area contributed by atoms with Gasteiger partial charge < -0.3 is 9.84 Å². The smallest absolute Gasteiger partial charge is 0.339 e. The lowest BCUT2D eigenvalue weighted by Crippen LogP contribution is -2.17. The Bertz CT molecular complexity index is 1760. The second kappa shape index (κ2) is 11.8. The van der Waals surface area contributed by atoms with Crippen LogP contribution in [0.4, 0.5) is 17.1 Å². The highest BCUT2D eigenvalue weighted by Gasteiger charge is 2.39. The number of nitrogens with zero attached hydrogens (tertiary/aromatic N) is 3. The van der Waals surface area contributed by atoms with Gasteiger partial charge in [-0.1, -0.05) is 54.9 Å². The molecule has 236 valence electrons. The molecule has 0 heterocycles. The largest absolute Gasteiger partial charge is 0.507 e. The van der Waals surface area contributed by atoms with Gasteiger partial charge in [0, 0.05) is 40.5 Å². The van der Waals surface area contributed by atoms with E-state index in [0.717, 1.165) is 12.1 Å². The topological polar surface area (TPSA) is 176 Å². The van der Waals surface area contributed by atoms with Crippen molar-refractivity contribution in [2.75, 3.05) is 6.61 Å². The minimum atomic E-state index is -0.905. The Morgan fingerprint density at radius 2 is 1.31 bits per heavy atom. The number of esters is 1. The second-order valence-corrected chi connectivity index (χ2v) is 13.1. The summed E-state index contributed by atoms with van der Waals surface area (Å²) < 4.78 is 5.39. The first kappa shape index (κ1) is 32.8. The molecule has 0 atom stereocenters. The van der Waals surface area contributed by atoms with Crippen molar-refractivity contribution in [2.24, 2.45) is 0 Å². The van der Waals surface area contributed by atoms with Crippen LogP contribution in [-0.4, -0.2) is 32.5 Å². The molecule has 1 aliphatic rings. The molecule has 1 N–H and O–H groups in total. The molecule has 0 spiro atoms. The van der Waals surface area contributed by atoms with Crippen molar-refractivity contribution in [1.29, 1.82) is 0 Å².